The molecule has 0 aromatic carbocycles. The molecule has 0 spiro atoms. The van der Waals surface area contributed by atoms with Crippen LogP contribution in [0.3, 0.4) is 0 Å². The van der Waals surface area contributed by atoms with Crippen LogP contribution < -0.4 is 0 Å². The fourth-order valence-electron chi connectivity index (χ4n) is 1.18. The van der Waals surface area contributed by atoms with Crippen LogP contribution in [0.1, 0.15) is 32.6 Å². The summed E-state index contributed by atoms with van der Waals surface area (Å²) in [5.74, 6) is 0. The molecule has 1 atom stereocenters. The molecule has 1 aliphatic rings. The third kappa shape index (κ3) is 3.26. The van der Waals surface area contributed by atoms with Gasteiger partial charge in [0.15, 0.2) is 0 Å². The minimum Gasteiger partial charge on any atom is -0.494 e. The summed E-state index contributed by atoms with van der Waals surface area (Å²) in [6, 6.07) is 0. The lowest BCUT2D eigenvalue weighted by Crippen LogP contribution is -2.07. The van der Waals surface area contributed by atoms with Crippen LogP contribution in [0, 0.1) is 0 Å². The van der Waals surface area contributed by atoms with Crippen LogP contribution in [0.25, 0.3) is 0 Å². The Kier molecular flexibility index (Phi) is 3.81. The van der Waals surface area contributed by atoms with Crippen molar-refractivity contribution in [1.82, 2.24) is 0 Å². The number of allylic oxidation sites excluding steroid dienone is 2. The molecule has 0 saturated heterocycles. The highest BCUT2D eigenvalue weighted by Gasteiger charge is 2.03. The van der Waals surface area contributed by atoms with Crippen LogP contribution in [0.15, 0.2) is 24.5 Å². The molecule has 1 nitrogen and oxygen atoms in total. The Labute approximate surface area is 68.8 Å². The van der Waals surface area contributed by atoms with Gasteiger partial charge in [-0.25, -0.2) is 0 Å². The van der Waals surface area contributed by atoms with Gasteiger partial charge >= 0.3 is 0 Å². The van der Waals surface area contributed by atoms with Gasteiger partial charge in [-0.3, -0.25) is 0 Å². The maximum absolute atomic E-state index is 5.36. The SMILES string of the molecule is CCCCCC1C=CC=CO1. The molecule has 0 N–H and O–H groups in total. The van der Waals surface area contributed by atoms with Gasteiger partial charge in [0.05, 0.1) is 6.26 Å². The molecule has 11 heavy (non-hydrogen) atoms. The molecule has 0 aliphatic carbocycles. The Morgan fingerprint density at radius 3 is 2.82 bits per heavy atom. The van der Waals surface area contributed by atoms with Crippen molar-refractivity contribution in [3.05, 3.63) is 24.5 Å². The van der Waals surface area contributed by atoms with Crippen molar-refractivity contribution < 1.29 is 4.74 Å². The molecule has 1 aliphatic heterocycles. The van der Waals surface area contributed by atoms with Gasteiger partial charge in [-0.15, -0.1) is 0 Å². The van der Waals surface area contributed by atoms with E-state index in [0.29, 0.717) is 6.10 Å². The lowest BCUT2D eigenvalue weighted by atomic mass is 10.1. The van der Waals surface area contributed by atoms with Gasteiger partial charge in [-0.1, -0.05) is 25.8 Å². The summed E-state index contributed by atoms with van der Waals surface area (Å²) >= 11 is 0. The molecule has 0 bridgehead atoms. The van der Waals surface area contributed by atoms with Crippen LogP contribution in [-0.2, 0) is 4.74 Å². The van der Waals surface area contributed by atoms with Crippen molar-refractivity contribution in [2.24, 2.45) is 0 Å². The van der Waals surface area contributed by atoms with Gasteiger partial charge in [-0.2, -0.15) is 0 Å². The maximum Gasteiger partial charge on any atom is 0.116 e. The molecule has 62 valence electrons. The summed E-state index contributed by atoms with van der Waals surface area (Å²) in [5.41, 5.74) is 0. The zero-order valence-electron chi connectivity index (χ0n) is 7.12. The van der Waals surface area contributed by atoms with E-state index >= 15 is 0 Å². The van der Waals surface area contributed by atoms with Crippen molar-refractivity contribution in [3.63, 3.8) is 0 Å². The quantitative estimate of drug-likeness (QED) is 0.562. The normalized spacial score (nSPS) is 21.7. The molecule has 0 aromatic rings. The molecule has 1 unspecified atom stereocenters. The Morgan fingerprint density at radius 1 is 1.27 bits per heavy atom. The second-order valence-corrected chi connectivity index (χ2v) is 2.88. The van der Waals surface area contributed by atoms with E-state index in [1.165, 1.54) is 19.3 Å². The minimum absolute atomic E-state index is 0.339. The number of rotatable bonds is 4. The maximum atomic E-state index is 5.36. The summed E-state index contributed by atoms with van der Waals surface area (Å²) in [7, 11) is 0. The topological polar surface area (TPSA) is 9.23 Å². The van der Waals surface area contributed by atoms with Gasteiger partial charge in [0, 0.05) is 0 Å². The van der Waals surface area contributed by atoms with Gasteiger partial charge < -0.3 is 4.74 Å². The molecule has 1 heterocycles. The Hall–Kier alpha value is -0.720. The van der Waals surface area contributed by atoms with Crippen LogP contribution in [0.4, 0.5) is 0 Å². The smallest absolute Gasteiger partial charge is 0.116 e. The van der Waals surface area contributed by atoms with E-state index in [4.69, 9.17) is 4.74 Å². The number of hydrogen-bond donors (Lipinski definition) is 0. The van der Waals surface area contributed by atoms with E-state index in [0.717, 1.165) is 6.42 Å². The molecule has 0 aromatic heterocycles. The number of hydrogen-bond acceptors (Lipinski definition) is 1. The lowest BCUT2D eigenvalue weighted by Gasteiger charge is -2.13. The molecular weight excluding hydrogens is 136 g/mol. The third-order valence-electron chi connectivity index (χ3n) is 1.86. The second-order valence-electron chi connectivity index (χ2n) is 2.88. The Balaban J connectivity index is 2.07. The highest BCUT2D eigenvalue weighted by Crippen LogP contribution is 2.10. The predicted molar refractivity (Wildman–Crippen MR) is 47.3 cm³/mol. The van der Waals surface area contributed by atoms with Crippen molar-refractivity contribution >= 4 is 0 Å². The standard InChI is InChI=1S/C10H16O/c1-2-3-4-7-10-8-5-6-9-11-10/h5-6,8-10H,2-4,7H2,1H3. The summed E-state index contributed by atoms with van der Waals surface area (Å²) in [6.07, 6.45) is 13.3. The van der Waals surface area contributed by atoms with Crippen LogP contribution in [0.5, 0.6) is 0 Å². The molecular formula is C10H16O. The van der Waals surface area contributed by atoms with E-state index < -0.39 is 0 Å². The van der Waals surface area contributed by atoms with Crippen molar-refractivity contribution in [2.75, 3.05) is 0 Å². The summed E-state index contributed by atoms with van der Waals surface area (Å²) in [6.45, 7) is 2.22. The van der Waals surface area contributed by atoms with Crippen LogP contribution >= 0.6 is 0 Å². The van der Waals surface area contributed by atoms with E-state index in [-0.39, 0.29) is 0 Å². The van der Waals surface area contributed by atoms with Crippen LogP contribution in [0.2, 0.25) is 0 Å². The molecule has 0 fully saturated rings. The Morgan fingerprint density at radius 2 is 2.18 bits per heavy atom. The first-order valence-corrected chi connectivity index (χ1v) is 4.42. The highest BCUT2D eigenvalue weighted by atomic mass is 16.5. The first-order chi connectivity index (χ1) is 5.43. The Bertz CT molecular complexity index is 147. The number of ether oxygens (including phenoxy) is 1. The fraction of sp³-hybridized carbons (Fsp3) is 0.600. The second kappa shape index (κ2) is 5.00. The molecule has 0 saturated carbocycles. The molecule has 1 heteroatoms. The van der Waals surface area contributed by atoms with Gasteiger partial charge in [0.25, 0.3) is 0 Å². The van der Waals surface area contributed by atoms with Crippen molar-refractivity contribution in [2.45, 2.75) is 38.7 Å². The van der Waals surface area contributed by atoms with E-state index in [1.54, 1.807) is 6.26 Å². The van der Waals surface area contributed by atoms with Crippen molar-refractivity contribution in [3.8, 4) is 0 Å². The molecule has 0 amide bonds. The fourth-order valence-corrected chi connectivity index (χ4v) is 1.18. The lowest BCUT2D eigenvalue weighted by molar-refractivity contribution is 0.171. The average molecular weight is 152 g/mol. The molecule has 0 radical (unpaired) electrons. The van der Waals surface area contributed by atoms with Crippen molar-refractivity contribution in [1.29, 1.82) is 0 Å². The first-order valence-electron chi connectivity index (χ1n) is 4.42. The van der Waals surface area contributed by atoms with Gasteiger partial charge in [-0.05, 0) is 25.0 Å². The zero-order valence-corrected chi connectivity index (χ0v) is 7.12. The number of unbranched alkanes of at least 4 members (excludes halogenated alkanes) is 2. The predicted octanol–water partition coefficient (Wildman–Crippen LogP) is 3.04. The average Bonchev–Trinajstić information content (AvgIpc) is 2.07. The minimum atomic E-state index is 0.339. The summed E-state index contributed by atoms with van der Waals surface area (Å²) < 4.78 is 5.36. The van der Waals surface area contributed by atoms with E-state index in [2.05, 4.69) is 19.1 Å². The van der Waals surface area contributed by atoms with Gasteiger partial charge in [0.2, 0.25) is 0 Å². The summed E-state index contributed by atoms with van der Waals surface area (Å²) in [4.78, 5) is 0. The van der Waals surface area contributed by atoms with E-state index in [1.807, 2.05) is 6.08 Å². The summed E-state index contributed by atoms with van der Waals surface area (Å²) in [5, 5.41) is 0. The van der Waals surface area contributed by atoms with Crippen LogP contribution in [-0.4, -0.2) is 6.10 Å². The largest absolute Gasteiger partial charge is 0.494 e. The molecule has 1 rings (SSSR count). The zero-order chi connectivity index (χ0) is 7.94. The van der Waals surface area contributed by atoms with Gasteiger partial charge in [0.1, 0.15) is 6.10 Å². The monoisotopic (exact) mass is 152 g/mol. The van der Waals surface area contributed by atoms with E-state index in [9.17, 15) is 0 Å². The third-order valence-corrected chi connectivity index (χ3v) is 1.86. The highest BCUT2D eigenvalue weighted by molar-refractivity contribution is 5.07. The first kappa shape index (κ1) is 8.38.